The highest BCUT2D eigenvalue weighted by molar-refractivity contribution is 14.1. The summed E-state index contributed by atoms with van der Waals surface area (Å²) in [5, 5.41) is 12.5. The molecule has 62 valence electrons. The van der Waals surface area contributed by atoms with Crippen LogP contribution in [0.3, 0.4) is 0 Å². The van der Waals surface area contributed by atoms with Crippen molar-refractivity contribution in [2.75, 3.05) is 0 Å². The summed E-state index contributed by atoms with van der Waals surface area (Å²) in [7, 11) is 0. The Hall–Kier alpha value is 0.190. The van der Waals surface area contributed by atoms with Gasteiger partial charge in [-0.25, -0.2) is 0 Å². The Morgan fingerprint density at radius 2 is 2.25 bits per heavy atom. The van der Waals surface area contributed by atoms with E-state index in [2.05, 4.69) is 38.5 Å². The van der Waals surface area contributed by atoms with E-state index in [9.17, 15) is 5.11 Å². The largest absolute Gasteiger partial charge is 0.506 e. The lowest BCUT2D eigenvalue weighted by molar-refractivity contribution is 0.478. The van der Waals surface area contributed by atoms with Crippen LogP contribution in [-0.2, 0) is 0 Å². The van der Waals surface area contributed by atoms with Crippen molar-refractivity contribution in [2.45, 2.75) is 0 Å². The van der Waals surface area contributed by atoms with E-state index in [-0.39, 0.29) is 0 Å². The standard InChI is InChI=1S/C8H4BrIOS/c9-5-3-6(10)8-4(7(5)11)1-2-12-8/h1-3,11H. The molecular weight excluding hydrogens is 351 g/mol. The molecule has 1 aromatic carbocycles. The molecule has 0 aliphatic heterocycles. The average molecular weight is 355 g/mol. The predicted molar refractivity (Wildman–Crippen MR) is 63.9 cm³/mol. The zero-order valence-electron chi connectivity index (χ0n) is 5.84. The van der Waals surface area contributed by atoms with Gasteiger partial charge in [-0.3, -0.25) is 0 Å². The van der Waals surface area contributed by atoms with Crippen LogP contribution >= 0.6 is 49.9 Å². The van der Waals surface area contributed by atoms with Crippen molar-refractivity contribution < 1.29 is 5.11 Å². The van der Waals surface area contributed by atoms with Gasteiger partial charge in [0.1, 0.15) is 5.75 Å². The second-order valence-electron chi connectivity index (χ2n) is 2.35. The van der Waals surface area contributed by atoms with Crippen molar-refractivity contribution in [3.63, 3.8) is 0 Å². The van der Waals surface area contributed by atoms with Crippen LogP contribution in [0.1, 0.15) is 0 Å². The van der Waals surface area contributed by atoms with Crippen molar-refractivity contribution in [3.8, 4) is 5.75 Å². The second kappa shape index (κ2) is 3.16. The van der Waals surface area contributed by atoms with Gasteiger partial charge in [-0.1, -0.05) is 0 Å². The van der Waals surface area contributed by atoms with Gasteiger partial charge in [0, 0.05) is 8.96 Å². The number of hydrogen-bond donors (Lipinski definition) is 1. The van der Waals surface area contributed by atoms with Gasteiger partial charge in [0.25, 0.3) is 0 Å². The number of halogens is 2. The Kier molecular flexibility index (Phi) is 2.31. The van der Waals surface area contributed by atoms with E-state index in [1.165, 1.54) is 3.57 Å². The van der Waals surface area contributed by atoms with Crippen molar-refractivity contribution in [2.24, 2.45) is 0 Å². The lowest BCUT2D eigenvalue weighted by atomic mass is 10.2. The maximum absolute atomic E-state index is 9.63. The van der Waals surface area contributed by atoms with Gasteiger partial charge in [0.15, 0.2) is 0 Å². The first-order chi connectivity index (χ1) is 5.70. The highest BCUT2D eigenvalue weighted by Gasteiger charge is 2.08. The molecule has 0 atom stereocenters. The fourth-order valence-electron chi connectivity index (χ4n) is 1.05. The third-order valence-electron chi connectivity index (χ3n) is 1.62. The third-order valence-corrected chi connectivity index (χ3v) is 4.39. The Morgan fingerprint density at radius 1 is 1.50 bits per heavy atom. The molecule has 1 nitrogen and oxygen atoms in total. The summed E-state index contributed by atoms with van der Waals surface area (Å²) >= 11 is 7.22. The molecule has 0 amide bonds. The van der Waals surface area contributed by atoms with Gasteiger partial charge < -0.3 is 5.11 Å². The van der Waals surface area contributed by atoms with Crippen LogP contribution < -0.4 is 0 Å². The van der Waals surface area contributed by atoms with Crippen LogP contribution in [0.5, 0.6) is 5.75 Å². The first kappa shape index (κ1) is 8.77. The van der Waals surface area contributed by atoms with E-state index in [1.54, 1.807) is 11.3 Å². The van der Waals surface area contributed by atoms with E-state index in [1.807, 2.05) is 17.5 Å². The maximum Gasteiger partial charge on any atom is 0.138 e. The molecule has 0 aliphatic rings. The number of fused-ring (bicyclic) bond motifs is 1. The van der Waals surface area contributed by atoms with Gasteiger partial charge in [0.05, 0.1) is 9.17 Å². The molecule has 0 bridgehead atoms. The highest BCUT2D eigenvalue weighted by Crippen LogP contribution is 2.38. The van der Waals surface area contributed by atoms with Crippen molar-refractivity contribution >= 4 is 59.9 Å². The number of rotatable bonds is 0. The Bertz CT molecular complexity index is 438. The number of benzene rings is 1. The van der Waals surface area contributed by atoms with Gasteiger partial charge >= 0.3 is 0 Å². The Morgan fingerprint density at radius 3 is 3.00 bits per heavy atom. The molecule has 2 aromatic rings. The van der Waals surface area contributed by atoms with Crippen LogP contribution in [0.2, 0.25) is 0 Å². The normalized spacial score (nSPS) is 10.8. The fraction of sp³-hybridized carbons (Fsp3) is 0. The molecule has 0 saturated heterocycles. The summed E-state index contributed by atoms with van der Waals surface area (Å²) < 4.78 is 3.08. The van der Waals surface area contributed by atoms with Crippen LogP contribution in [0, 0.1) is 3.57 Å². The molecule has 1 aromatic heterocycles. The lowest BCUT2D eigenvalue weighted by Crippen LogP contribution is -1.74. The molecule has 0 unspecified atom stereocenters. The molecule has 0 fully saturated rings. The molecule has 1 N–H and O–H groups in total. The molecule has 4 heteroatoms. The summed E-state index contributed by atoms with van der Waals surface area (Å²) in [6, 6.07) is 3.86. The van der Waals surface area contributed by atoms with Crippen molar-refractivity contribution in [1.82, 2.24) is 0 Å². The lowest BCUT2D eigenvalue weighted by Gasteiger charge is -2.00. The van der Waals surface area contributed by atoms with Gasteiger partial charge in [0.2, 0.25) is 0 Å². The topological polar surface area (TPSA) is 20.2 Å². The number of phenolic OH excluding ortho intramolecular Hbond substituents is 1. The molecular formula is C8H4BrIOS. The summed E-state index contributed by atoms with van der Waals surface area (Å²) in [6.45, 7) is 0. The van der Waals surface area contributed by atoms with Crippen LogP contribution in [-0.4, -0.2) is 5.11 Å². The van der Waals surface area contributed by atoms with E-state index in [0.29, 0.717) is 5.75 Å². The summed E-state index contributed by atoms with van der Waals surface area (Å²) in [5.41, 5.74) is 0. The molecule has 1 heterocycles. The van der Waals surface area contributed by atoms with Crippen LogP contribution in [0.15, 0.2) is 22.0 Å². The van der Waals surface area contributed by atoms with E-state index >= 15 is 0 Å². The summed E-state index contributed by atoms with van der Waals surface area (Å²) in [5.74, 6) is 0.340. The van der Waals surface area contributed by atoms with Crippen LogP contribution in [0.4, 0.5) is 0 Å². The van der Waals surface area contributed by atoms with Crippen molar-refractivity contribution in [1.29, 1.82) is 0 Å². The first-order valence-corrected chi connectivity index (χ1v) is 5.99. The molecule has 0 spiro atoms. The van der Waals surface area contributed by atoms with E-state index < -0.39 is 0 Å². The average Bonchev–Trinajstić information content (AvgIpc) is 2.48. The third kappa shape index (κ3) is 1.25. The minimum Gasteiger partial charge on any atom is -0.506 e. The predicted octanol–water partition coefficient (Wildman–Crippen LogP) is 3.97. The number of hydrogen-bond acceptors (Lipinski definition) is 2. The SMILES string of the molecule is Oc1c(Br)cc(I)c2sccc12. The Balaban J connectivity index is 2.97. The Labute approximate surface area is 95.7 Å². The second-order valence-corrected chi connectivity index (χ2v) is 5.28. The van der Waals surface area contributed by atoms with Gasteiger partial charge in [-0.2, -0.15) is 0 Å². The number of thiophene rings is 1. The number of aromatic hydroxyl groups is 1. The summed E-state index contributed by atoms with van der Waals surface area (Å²) in [6.07, 6.45) is 0. The van der Waals surface area contributed by atoms with Gasteiger partial charge in [-0.15, -0.1) is 11.3 Å². The zero-order valence-corrected chi connectivity index (χ0v) is 10.4. The molecule has 0 saturated carbocycles. The van der Waals surface area contributed by atoms with Crippen molar-refractivity contribution in [3.05, 3.63) is 25.6 Å². The number of phenols is 1. The summed E-state index contributed by atoms with van der Waals surface area (Å²) in [4.78, 5) is 0. The highest BCUT2D eigenvalue weighted by atomic mass is 127. The quantitative estimate of drug-likeness (QED) is 0.709. The maximum atomic E-state index is 9.63. The fourth-order valence-corrected chi connectivity index (χ4v) is 3.71. The molecule has 12 heavy (non-hydrogen) atoms. The molecule has 0 radical (unpaired) electrons. The first-order valence-electron chi connectivity index (χ1n) is 3.24. The smallest absolute Gasteiger partial charge is 0.138 e. The van der Waals surface area contributed by atoms with Gasteiger partial charge in [-0.05, 0) is 56.0 Å². The van der Waals surface area contributed by atoms with E-state index in [0.717, 1.165) is 14.6 Å². The minimum absolute atomic E-state index is 0.340. The monoisotopic (exact) mass is 354 g/mol. The minimum atomic E-state index is 0.340. The van der Waals surface area contributed by atoms with E-state index in [4.69, 9.17) is 0 Å². The zero-order chi connectivity index (χ0) is 8.72. The molecule has 2 rings (SSSR count). The molecule has 0 aliphatic carbocycles. The van der Waals surface area contributed by atoms with Crippen LogP contribution in [0.25, 0.3) is 10.1 Å².